The van der Waals surface area contributed by atoms with E-state index in [0.717, 1.165) is 5.56 Å². The van der Waals surface area contributed by atoms with Crippen molar-refractivity contribution in [1.29, 1.82) is 5.26 Å². The van der Waals surface area contributed by atoms with Crippen molar-refractivity contribution in [3.05, 3.63) is 47.8 Å². The lowest BCUT2D eigenvalue weighted by atomic mass is 9.65. The number of nitrogens with one attached hydrogen (secondary N) is 1. The largest absolute Gasteiger partial charge is 0.379 e. The molecule has 1 N–H and O–H groups in total. The van der Waals surface area contributed by atoms with Crippen molar-refractivity contribution >= 4 is 11.8 Å². The molecule has 0 bridgehead atoms. The minimum atomic E-state index is -0.687. The van der Waals surface area contributed by atoms with Gasteiger partial charge in [0.2, 0.25) is 0 Å². The summed E-state index contributed by atoms with van der Waals surface area (Å²) in [6.07, 6.45) is 1.87. The fourth-order valence-corrected chi connectivity index (χ4v) is 4.79. The van der Waals surface area contributed by atoms with Gasteiger partial charge in [0.1, 0.15) is 5.82 Å². The van der Waals surface area contributed by atoms with Gasteiger partial charge in [-0.25, -0.2) is 4.39 Å². The second kappa shape index (κ2) is 7.04. The average Bonchev–Trinajstić information content (AvgIpc) is 2.96. The molecule has 124 valence electrons. The van der Waals surface area contributed by atoms with Crippen LogP contribution >= 0.6 is 11.8 Å². The van der Waals surface area contributed by atoms with Gasteiger partial charge in [0, 0.05) is 16.2 Å². The third-order valence-corrected chi connectivity index (χ3v) is 6.31. The van der Waals surface area contributed by atoms with E-state index in [-0.39, 0.29) is 11.1 Å². The number of ether oxygens (including phenoxy) is 1. The molecule has 3 atom stereocenters. The maximum Gasteiger partial charge on any atom is 0.128 e. The number of aryl methyl sites for hydroxylation is 1. The first-order valence-corrected chi connectivity index (χ1v) is 8.66. The highest BCUT2D eigenvalue weighted by Gasteiger charge is 2.56. The summed E-state index contributed by atoms with van der Waals surface area (Å²) in [5.74, 6) is 0.138. The van der Waals surface area contributed by atoms with Gasteiger partial charge in [-0.3, -0.25) is 0 Å². The fourth-order valence-electron chi connectivity index (χ4n) is 3.63. The van der Waals surface area contributed by atoms with Crippen molar-refractivity contribution in [2.24, 2.45) is 5.41 Å². The molecule has 0 amide bonds. The molecular weight excluding hydrogens is 311 g/mol. The van der Waals surface area contributed by atoms with Crippen molar-refractivity contribution in [3.63, 3.8) is 0 Å². The van der Waals surface area contributed by atoms with Crippen molar-refractivity contribution < 1.29 is 9.13 Å². The Kier molecular flexibility index (Phi) is 5.51. The molecule has 1 fully saturated rings. The van der Waals surface area contributed by atoms with E-state index in [1.807, 2.05) is 33.0 Å². The summed E-state index contributed by atoms with van der Waals surface area (Å²) in [6, 6.07) is 7.29. The van der Waals surface area contributed by atoms with Gasteiger partial charge in [-0.1, -0.05) is 18.2 Å². The van der Waals surface area contributed by atoms with Crippen molar-refractivity contribution in [2.75, 3.05) is 26.0 Å². The van der Waals surface area contributed by atoms with Crippen molar-refractivity contribution in [2.45, 2.75) is 24.6 Å². The lowest BCUT2D eigenvalue weighted by molar-refractivity contribution is 0.109. The third-order valence-electron chi connectivity index (χ3n) is 5.05. The summed E-state index contributed by atoms with van der Waals surface area (Å²) >= 11 is 1.54. The van der Waals surface area contributed by atoms with Crippen LogP contribution in [0.5, 0.6) is 0 Å². The van der Waals surface area contributed by atoms with E-state index in [2.05, 4.69) is 18.0 Å². The van der Waals surface area contributed by atoms with Crippen LogP contribution in [0.4, 0.5) is 4.39 Å². The second-order valence-electron chi connectivity index (χ2n) is 6.02. The summed E-state index contributed by atoms with van der Waals surface area (Å²) < 4.78 is 20.4. The van der Waals surface area contributed by atoms with Gasteiger partial charge in [-0.15, -0.1) is 18.3 Å². The van der Waals surface area contributed by atoms with Gasteiger partial charge < -0.3 is 10.1 Å². The Labute approximate surface area is 141 Å². The number of nitrogens with zero attached hydrogens (tertiary/aromatic N) is 1. The molecule has 0 spiro atoms. The Hall–Kier alpha value is -1.35. The molecule has 0 radical (unpaired) electrons. The standard InChI is InChI=1S/C18H23FN2OS/c1-5-18(12-22-11-15(18)23-10-9-20)17(3,21-4)16-13(2)7-6-8-14(16)19/h5-8,15,21H,1,10-12H2,2-4H3. The maximum atomic E-state index is 14.7. The molecule has 1 aromatic carbocycles. The fraction of sp³-hybridized carbons (Fsp3) is 0.500. The van der Waals surface area contributed by atoms with Crippen LogP contribution in [0.1, 0.15) is 18.1 Å². The van der Waals surface area contributed by atoms with E-state index in [9.17, 15) is 4.39 Å². The summed E-state index contributed by atoms with van der Waals surface area (Å²) in [7, 11) is 1.83. The first-order chi connectivity index (χ1) is 11.0. The van der Waals surface area contributed by atoms with Gasteiger partial charge in [0.15, 0.2) is 0 Å². The molecule has 0 aromatic heterocycles. The van der Waals surface area contributed by atoms with Crippen LogP contribution in [0.25, 0.3) is 0 Å². The third kappa shape index (κ3) is 2.80. The van der Waals surface area contributed by atoms with Crippen molar-refractivity contribution in [3.8, 4) is 6.07 Å². The number of benzene rings is 1. The number of thioether (sulfide) groups is 1. The summed E-state index contributed by atoms with van der Waals surface area (Å²) in [4.78, 5) is 0. The molecular formula is C18H23FN2OS. The molecule has 1 saturated heterocycles. The smallest absolute Gasteiger partial charge is 0.128 e. The monoisotopic (exact) mass is 334 g/mol. The van der Waals surface area contributed by atoms with Gasteiger partial charge >= 0.3 is 0 Å². The molecule has 5 heteroatoms. The van der Waals surface area contributed by atoms with Crippen molar-refractivity contribution in [1.82, 2.24) is 5.32 Å². The number of rotatable bonds is 6. The van der Waals surface area contributed by atoms with Crippen LogP contribution in [-0.2, 0) is 10.3 Å². The lowest BCUT2D eigenvalue weighted by Crippen LogP contribution is -2.57. The molecule has 0 aliphatic carbocycles. The van der Waals surface area contributed by atoms with Crippen LogP contribution < -0.4 is 5.32 Å². The predicted octanol–water partition coefficient (Wildman–Crippen LogP) is 3.40. The number of hydrogen-bond donors (Lipinski definition) is 1. The first kappa shape index (κ1) is 18.0. The molecule has 23 heavy (non-hydrogen) atoms. The van der Waals surface area contributed by atoms with E-state index >= 15 is 0 Å². The summed E-state index contributed by atoms with van der Waals surface area (Å²) in [5.41, 5.74) is 0.332. The lowest BCUT2D eigenvalue weighted by Gasteiger charge is -2.48. The SMILES string of the molecule is C=CC1(C(C)(NC)c2c(C)cccc2F)COCC1SCC#N. The highest BCUT2D eigenvalue weighted by atomic mass is 32.2. The Morgan fingerprint density at radius 3 is 2.96 bits per heavy atom. The van der Waals surface area contributed by atoms with Gasteiger partial charge in [-0.2, -0.15) is 5.26 Å². The van der Waals surface area contributed by atoms with Crippen LogP contribution in [0.15, 0.2) is 30.9 Å². The van der Waals surface area contributed by atoms with Crippen LogP contribution in [0, 0.1) is 29.5 Å². The Morgan fingerprint density at radius 2 is 2.39 bits per heavy atom. The zero-order valence-electron chi connectivity index (χ0n) is 13.9. The highest BCUT2D eigenvalue weighted by molar-refractivity contribution is 8.00. The molecule has 1 aromatic rings. The van der Waals surface area contributed by atoms with Crippen LogP contribution in [0.2, 0.25) is 0 Å². The van der Waals surface area contributed by atoms with Gasteiger partial charge in [0.25, 0.3) is 0 Å². The second-order valence-corrected chi connectivity index (χ2v) is 7.22. The Bertz CT molecular complexity index is 610. The minimum Gasteiger partial charge on any atom is -0.379 e. The van der Waals surface area contributed by atoms with E-state index < -0.39 is 11.0 Å². The molecule has 1 aliphatic rings. The Morgan fingerprint density at radius 1 is 1.65 bits per heavy atom. The van der Waals surface area contributed by atoms with Gasteiger partial charge in [0.05, 0.1) is 30.6 Å². The zero-order valence-corrected chi connectivity index (χ0v) is 14.7. The predicted molar refractivity (Wildman–Crippen MR) is 92.9 cm³/mol. The van der Waals surface area contributed by atoms with Gasteiger partial charge in [-0.05, 0) is 32.5 Å². The molecule has 1 heterocycles. The van der Waals surface area contributed by atoms with E-state index in [1.165, 1.54) is 6.07 Å². The van der Waals surface area contributed by atoms with E-state index in [4.69, 9.17) is 10.00 Å². The quantitative estimate of drug-likeness (QED) is 0.810. The number of hydrogen-bond acceptors (Lipinski definition) is 4. The summed E-state index contributed by atoms with van der Waals surface area (Å²) in [5, 5.41) is 12.3. The van der Waals surface area contributed by atoms with E-state index in [1.54, 1.807) is 17.8 Å². The van der Waals surface area contributed by atoms with Crippen LogP contribution in [-0.4, -0.2) is 31.3 Å². The minimum absolute atomic E-state index is 0.0381. The molecule has 2 rings (SSSR count). The topological polar surface area (TPSA) is 45.0 Å². The first-order valence-electron chi connectivity index (χ1n) is 7.61. The summed E-state index contributed by atoms with van der Waals surface area (Å²) in [6.45, 7) is 8.92. The Balaban J connectivity index is 2.60. The number of nitriles is 1. The van der Waals surface area contributed by atoms with E-state index in [0.29, 0.717) is 24.5 Å². The molecule has 3 nitrogen and oxygen atoms in total. The highest BCUT2D eigenvalue weighted by Crippen LogP contribution is 2.51. The number of halogens is 1. The average molecular weight is 334 g/mol. The normalized spacial score (nSPS) is 26.5. The van der Waals surface area contributed by atoms with Crippen LogP contribution in [0.3, 0.4) is 0 Å². The molecule has 3 unspecified atom stereocenters. The molecule has 1 aliphatic heterocycles. The molecule has 0 saturated carbocycles. The zero-order chi connectivity index (χ0) is 17.1. The maximum absolute atomic E-state index is 14.7.